The Hall–Kier alpha value is -0.0100. The Bertz CT molecular complexity index is 345. The molecule has 2 bridgehead atoms. The first-order chi connectivity index (χ1) is 8.30. The second kappa shape index (κ2) is 4.83. The van der Waals surface area contributed by atoms with E-state index in [9.17, 15) is 18.0 Å². The average Bonchev–Trinajstić information content (AvgIpc) is 2.87. The van der Waals surface area contributed by atoms with E-state index in [4.69, 9.17) is 4.74 Å². The quantitative estimate of drug-likeness (QED) is 0.425. The molecule has 104 valence electrons. The second-order valence-electron chi connectivity index (χ2n) is 5.26. The van der Waals surface area contributed by atoms with Gasteiger partial charge in [-0.15, -0.1) is 0 Å². The van der Waals surface area contributed by atoms with Gasteiger partial charge < -0.3 is 4.74 Å². The highest BCUT2D eigenvalue weighted by Gasteiger charge is 2.68. The molecule has 4 atom stereocenters. The van der Waals surface area contributed by atoms with E-state index in [-0.39, 0.29) is 12.3 Å². The SMILES string of the molecule is CCC(I)C(=O)OC1(C(F)(F)F)CC2CCC1C2. The van der Waals surface area contributed by atoms with Gasteiger partial charge >= 0.3 is 12.1 Å². The minimum Gasteiger partial charge on any atom is -0.448 e. The molecule has 0 saturated heterocycles. The molecule has 18 heavy (non-hydrogen) atoms. The van der Waals surface area contributed by atoms with Crippen LogP contribution >= 0.6 is 22.6 Å². The number of esters is 1. The van der Waals surface area contributed by atoms with Gasteiger partial charge in [-0.3, -0.25) is 4.79 Å². The van der Waals surface area contributed by atoms with Gasteiger partial charge in [0.2, 0.25) is 5.60 Å². The van der Waals surface area contributed by atoms with Crippen molar-refractivity contribution in [2.24, 2.45) is 11.8 Å². The fraction of sp³-hybridized carbons (Fsp3) is 0.917. The molecule has 0 N–H and O–H groups in total. The zero-order valence-corrected chi connectivity index (χ0v) is 12.3. The molecule has 0 aromatic heterocycles. The molecule has 4 unspecified atom stereocenters. The lowest BCUT2D eigenvalue weighted by Crippen LogP contribution is -2.53. The minimum atomic E-state index is -4.45. The van der Waals surface area contributed by atoms with Crippen molar-refractivity contribution < 1.29 is 22.7 Å². The molecule has 0 aromatic carbocycles. The van der Waals surface area contributed by atoms with Crippen molar-refractivity contribution in [1.82, 2.24) is 0 Å². The summed E-state index contributed by atoms with van der Waals surface area (Å²) in [5.74, 6) is -1.19. The van der Waals surface area contributed by atoms with Crippen LogP contribution in [0.3, 0.4) is 0 Å². The Morgan fingerprint density at radius 2 is 2.17 bits per heavy atom. The largest absolute Gasteiger partial charge is 0.448 e. The van der Waals surface area contributed by atoms with Crippen LogP contribution in [0.15, 0.2) is 0 Å². The zero-order valence-electron chi connectivity index (χ0n) is 10.1. The molecular formula is C12H16F3IO2. The minimum absolute atomic E-state index is 0.0417. The monoisotopic (exact) mass is 376 g/mol. The van der Waals surface area contributed by atoms with E-state index in [0.717, 1.165) is 6.42 Å². The maximum atomic E-state index is 13.3. The highest BCUT2D eigenvalue weighted by Crippen LogP contribution is 2.58. The molecule has 0 aliphatic heterocycles. The number of halogens is 4. The third kappa shape index (κ3) is 2.25. The number of hydrogen-bond acceptors (Lipinski definition) is 2. The van der Waals surface area contributed by atoms with Crippen molar-refractivity contribution in [2.45, 2.75) is 54.7 Å². The molecule has 2 aliphatic rings. The molecule has 2 aliphatic carbocycles. The smallest absolute Gasteiger partial charge is 0.428 e. The second-order valence-corrected chi connectivity index (χ2v) is 6.77. The first-order valence-electron chi connectivity index (χ1n) is 6.24. The molecule has 2 nitrogen and oxygen atoms in total. The van der Waals surface area contributed by atoms with Crippen molar-refractivity contribution in [3.05, 3.63) is 0 Å². The number of carbonyl (C=O) groups excluding carboxylic acids is 1. The number of rotatable bonds is 3. The first-order valence-corrected chi connectivity index (χ1v) is 7.48. The van der Waals surface area contributed by atoms with E-state index in [1.165, 1.54) is 0 Å². The van der Waals surface area contributed by atoms with Crippen LogP contribution in [-0.2, 0) is 9.53 Å². The average molecular weight is 376 g/mol. The van der Waals surface area contributed by atoms with Crippen molar-refractivity contribution >= 4 is 28.6 Å². The lowest BCUT2D eigenvalue weighted by Gasteiger charge is -2.38. The van der Waals surface area contributed by atoms with Gasteiger partial charge in [0, 0.05) is 5.92 Å². The summed E-state index contributed by atoms with van der Waals surface area (Å²) in [4.78, 5) is 11.7. The third-order valence-electron chi connectivity index (χ3n) is 4.17. The van der Waals surface area contributed by atoms with Gasteiger partial charge in [0.1, 0.15) is 3.92 Å². The zero-order chi connectivity index (χ0) is 13.6. The number of ether oxygens (including phenoxy) is 1. The van der Waals surface area contributed by atoms with E-state index in [1.807, 2.05) is 22.6 Å². The van der Waals surface area contributed by atoms with Crippen LogP contribution in [0.5, 0.6) is 0 Å². The van der Waals surface area contributed by atoms with Crippen LogP contribution in [0, 0.1) is 11.8 Å². The molecule has 0 amide bonds. The van der Waals surface area contributed by atoms with Gasteiger partial charge in [-0.2, -0.15) is 13.2 Å². The fourth-order valence-corrected chi connectivity index (χ4v) is 3.35. The lowest BCUT2D eigenvalue weighted by atomic mass is 9.83. The third-order valence-corrected chi connectivity index (χ3v) is 5.56. The fourth-order valence-electron chi connectivity index (χ4n) is 3.22. The maximum absolute atomic E-state index is 13.3. The Morgan fingerprint density at radius 1 is 1.50 bits per heavy atom. The van der Waals surface area contributed by atoms with Crippen LogP contribution in [0.1, 0.15) is 39.0 Å². The predicted octanol–water partition coefficient (Wildman–Crippen LogP) is 3.86. The Labute approximate surface area is 118 Å². The topological polar surface area (TPSA) is 26.3 Å². The normalized spacial score (nSPS) is 36.7. The van der Waals surface area contributed by atoms with Gasteiger partial charge in [0.25, 0.3) is 0 Å². The van der Waals surface area contributed by atoms with E-state index < -0.39 is 27.6 Å². The van der Waals surface area contributed by atoms with Crippen LogP contribution in [-0.4, -0.2) is 21.7 Å². The molecular weight excluding hydrogens is 360 g/mol. The van der Waals surface area contributed by atoms with Gasteiger partial charge in [-0.25, -0.2) is 0 Å². The van der Waals surface area contributed by atoms with Crippen LogP contribution < -0.4 is 0 Å². The number of alkyl halides is 4. The number of fused-ring (bicyclic) bond motifs is 2. The lowest BCUT2D eigenvalue weighted by molar-refractivity contribution is -0.285. The van der Waals surface area contributed by atoms with Gasteiger partial charge in [0.05, 0.1) is 0 Å². The maximum Gasteiger partial charge on any atom is 0.428 e. The van der Waals surface area contributed by atoms with E-state index in [0.29, 0.717) is 19.3 Å². The van der Waals surface area contributed by atoms with E-state index >= 15 is 0 Å². The van der Waals surface area contributed by atoms with Gasteiger partial charge in [-0.1, -0.05) is 29.5 Å². The van der Waals surface area contributed by atoms with Crippen molar-refractivity contribution in [3.8, 4) is 0 Å². The van der Waals surface area contributed by atoms with E-state index in [2.05, 4.69) is 0 Å². The van der Waals surface area contributed by atoms with Crippen LogP contribution in [0.2, 0.25) is 0 Å². The molecule has 2 fully saturated rings. The summed E-state index contributed by atoms with van der Waals surface area (Å²) in [6, 6.07) is 0. The Morgan fingerprint density at radius 3 is 2.56 bits per heavy atom. The highest BCUT2D eigenvalue weighted by atomic mass is 127. The summed E-state index contributed by atoms with van der Waals surface area (Å²) >= 11 is 1.84. The van der Waals surface area contributed by atoms with Crippen molar-refractivity contribution in [1.29, 1.82) is 0 Å². The van der Waals surface area contributed by atoms with Crippen molar-refractivity contribution in [3.63, 3.8) is 0 Å². The highest BCUT2D eigenvalue weighted by molar-refractivity contribution is 14.1. The summed E-state index contributed by atoms with van der Waals surface area (Å²) in [6.07, 6.45) is -2.10. The van der Waals surface area contributed by atoms with Gasteiger partial charge in [0.15, 0.2) is 0 Å². The van der Waals surface area contributed by atoms with Crippen molar-refractivity contribution in [2.75, 3.05) is 0 Å². The molecule has 0 spiro atoms. The molecule has 0 heterocycles. The molecule has 0 radical (unpaired) electrons. The molecule has 2 saturated carbocycles. The summed E-state index contributed by atoms with van der Waals surface area (Å²) in [7, 11) is 0. The summed E-state index contributed by atoms with van der Waals surface area (Å²) < 4.78 is 44.4. The Balaban J connectivity index is 2.20. The molecule has 6 heteroatoms. The number of hydrogen-bond donors (Lipinski definition) is 0. The molecule has 0 aromatic rings. The molecule has 2 rings (SSSR count). The summed E-state index contributed by atoms with van der Waals surface area (Å²) in [5.41, 5.74) is -2.20. The standard InChI is InChI=1S/C12H16F3IO2/c1-2-9(16)10(17)18-11(12(13,14)15)6-7-3-4-8(11)5-7/h7-9H,2-6H2,1H3. The van der Waals surface area contributed by atoms with Gasteiger partial charge in [-0.05, 0) is 38.0 Å². The summed E-state index contributed by atoms with van der Waals surface area (Å²) in [6.45, 7) is 1.76. The summed E-state index contributed by atoms with van der Waals surface area (Å²) in [5, 5.41) is 0. The van der Waals surface area contributed by atoms with Crippen LogP contribution in [0.4, 0.5) is 13.2 Å². The predicted molar refractivity (Wildman–Crippen MR) is 68.4 cm³/mol. The number of carbonyl (C=O) groups is 1. The van der Waals surface area contributed by atoms with E-state index in [1.54, 1.807) is 6.92 Å². The van der Waals surface area contributed by atoms with Crippen LogP contribution in [0.25, 0.3) is 0 Å². The Kier molecular flexibility index (Phi) is 3.86. The first kappa shape index (κ1) is 14.4.